The van der Waals surface area contributed by atoms with E-state index < -0.39 is 17.7 Å². The molecule has 4 aromatic rings. The summed E-state index contributed by atoms with van der Waals surface area (Å²) in [4.78, 5) is 28.0. The summed E-state index contributed by atoms with van der Waals surface area (Å²) in [5.74, 6) is -0.223. The maximum atomic E-state index is 13.3. The van der Waals surface area contributed by atoms with Crippen molar-refractivity contribution in [3.63, 3.8) is 0 Å². The summed E-state index contributed by atoms with van der Waals surface area (Å²) in [6, 6.07) is 24.9. The van der Waals surface area contributed by atoms with Gasteiger partial charge in [-0.15, -0.1) is 0 Å². The van der Waals surface area contributed by atoms with E-state index in [1.807, 2.05) is 43.3 Å². The van der Waals surface area contributed by atoms with Crippen LogP contribution >= 0.6 is 0 Å². The van der Waals surface area contributed by atoms with Crippen LogP contribution in [0.15, 0.2) is 101 Å². The molecule has 38 heavy (non-hydrogen) atoms. The lowest BCUT2D eigenvalue weighted by Crippen LogP contribution is -2.29. The van der Waals surface area contributed by atoms with E-state index in [2.05, 4.69) is 0 Å². The summed E-state index contributed by atoms with van der Waals surface area (Å²) in [6.45, 7) is 2.35. The number of furan rings is 1. The first-order valence-electron chi connectivity index (χ1n) is 12.2. The Morgan fingerprint density at radius 2 is 1.74 bits per heavy atom. The molecule has 1 fully saturated rings. The maximum absolute atomic E-state index is 13.3. The number of ketones is 1. The maximum Gasteiger partial charge on any atom is 0.296 e. The number of amides is 1. The second-order valence-corrected chi connectivity index (χ2v) is 9.05. The van der Waals surface area contributed by atoms with E-state index >= 15 is 0 Å². The van der Waals surface area contributed by atoms with Crippen molar-refractivity contribution in [1.29, 1.82) is 0 Å². The number of likely N-dealkylation sites (tertiary alicyclic amines) is 1. The molecular formula is C31H27NO6. The van der Waals surface area contributed by atoms with Crippen LogP contribution in [0.1, 0.15) is 34.1 Å². The molecular weight excluding hydrogens is 482 g/mol. The van der Waals surface area contributed by atoms with Gasteiger partial charge in [-0.25, -0.2) is 0 Å². The van der Waals surface area contributed by atoms with E-state index in [0.29, 0.717) is 35.0 Å². The van der Waals surface area contributed by atoms with Crippen molar-refractivity contribution in [3.05, 3.63) is 125 Å². The molecule has 1 aromatic heterocycles. The van der Waals surface area contributed by atoms with E-state index in [4.69, 9.17) is 13.9 Å². The minimum absolute atomic E-state index is 0.0107. The Kier molecular flexibility index (Phi) is 7.00. The standard InChI is InChI=1S/C31H27NO6/c1-20-10-15-26(36-2)25(17-20)29(33)27-28(32(31(35)30(27)34)18-24-9-6-16-37-24)22-11-13-23(14-12-22)38-19-21-7-4-3-5-8-21/h3-17,28,33H,18-19H2,1-2H3/b29-27+. The lowest BCUT2D eigenvalue weighted by atomic mass is 9.94. The van der Waals surface area contributed by atoms with Crippen LogP contribution in [0.25, 0.3) is 5.76 Å². The van der Waals surface area contributed by atoms with E-state index in [1.165, 1.54) is 18.3 Å². The van der Waals surface area contributed by atoms with Gasteiger partial charge in [0.2, 0.25) is 0 Å². The molecule has 5 rings (SSSR count). The first-order valence-corrected chi connectivity index (χ1v) is 12.2. The van der Waals surface area contributed by atoms with Gasteiger partial charge in [0.1, 0.15) is 29.6 Å². The van der Waals surface area contributed by atoms with Gasteiger partial charge in [0.05, 0.1) is 37.1 Å². The van der Waals surface area contributed by atoms with E-state index in [9.17, 15) is 14.7 Å². The van der Waals surface area contributed by atoms with Crippen molar-refractivity contribution in [2.45, 2.75) is 26.1 Å². The van der Waals surface area contributed by atoms with Crippen LogP contribution in [0.5, 0.6) is 11.5 Å². The van der Waals surface area contributed by atoms with Gasteiger partial charge in [0, 0.05) is 0 Å². The molecule has 0 saturated carbocycles. The smallest absolute Gasteiger partial charge is 0.296 e. The molecule has 2 heterocycles. The van der Waals surface area contributed by atoms with Gasteiger partial charge in [-0.2, -0.15) is 0 Å². The summed E-state index contributed by atoms with van der Waals surface area (Å²) in [6.07, 6.45) is 1.51. The van der Waals surface area contributed by atoms with Crippen LogP contribution in [-0.2, 0) is 22.7 Å². The molecule has 7 heteroatoms. The minimum atomic E-state index is -0.839. The zero-order valence-corrected chi connectivity index (χ0v) is 21.1. The predicted octanol–water partition coefficient (Wildman–Crippen LogP) is 5.80. The summed E-state index contributed by atoms with van der Waals surface area (Å²) < 4.78 is 16.8. The molecule has 3 aromatic carbocycles. The van der Waals surface area contributed by atoms with E-state index in [0.717, 1.165) is 11.1 Å². The number of benzene rings is 3. The second-order valence-electron chi connectivity index (χ2n) is 9.05. The molecule has 192 valence electrons. The Morgan fingerprint density at radius 3 is 2.42 bits per heavy atom. The quantitative estimate of drug-likeness (QED) is 0.184. The number of methoxy groups -OCH3 is 1. The monoisotopic (exact) mass is 509 g/mol. The lowest BCUT2D eigenvalue weighted by Gasteiger charge is -2.25. The Hall–Kier alpha value is -4.78. The van der Waals surface area contributed by atoms with Crippen molar-refractivity contribution < 1.29 is 28.6 Å². The van der Waals surface area contributed by atoms with E-state index in [1.54, 1.807) is 48.5 Å². The fraction of sp³-hybridized carbons (Fsp3) is 0.161. The Balaban J connectivity index is 1.54. The number of aryl methyl sites for hydroxylation is 1. The largest absolute Gasteiger partial charge is 0.507 e. The van der Waals surface area contributed by atoms with Gasteiger partial charge >= 0.3 is 0 Å². The molecule has 7 nitrogen and oxygen atoms in total. The highest BCUT2D eigenvalue weighted by Gasteiger charge is 2.46. The Labute approximate surface area is 220 Å². The average Bonchev–Trinajstić information content (AvgIpc) is 3.55. The highest BCUT2D eigenvalue weighted by molar-refractivity contribution is 6.46. The fourth-order valence-corrected chi connectivity index (χ4v) is 4.60. The summed E-state index contributed by atoms with van der Waals surface area (Å²) in [5, 5.41) is 11.4. The molecule has 0 spiro atoms. The fourth-order valence-electron chi connectivity index (χ4n) is 4.60. The molecule has 0 aliphatic carbocycles. The number of carbonyl (C=O) groups excluding carboxylic acids is 2. The molecule has 1 aliphatic heterocycles. The van der Waals surface area contributed by atoms with Crippen LogP contribution in [0.3, 0.4) is 0 Å². The van der Waals surface area contributed by atoms with E-state index in [-0.39, 0.29) is 17.9 Å². The molecule has 1 N–H and O–H groups in total. The van der Waals surface area contributed by atoms with Gasteiger partial charge in [-0.05, 0) is 54.4 Å². The summed E-state index contributed by atoms with van der Waals surface area (Å²) in [7, 11) is 1.49. The van der Waals surface area contributed by atoms with Gasteiger partial charge in [0.25, 0.3) is 11.7 Å². The molecule has 0 bridgehead atoms. The number of aliphatic hydroxyl groups excluding tert-OH is 1. The van der Waals surface area contributed by atoms with Crippen molar-refractivity contribution in [2.75, 3.05) is 7.11 Å². The zero-order valence-electron chi connectivity index (χ0n) is 21.1. The Morgan fingerprint density at radius 1 is 0.974 bits per heavy atom. The van der Waals surface area contributed by atoms with Gasteiger partial charge in [-0.1, -0.05) is 54.1 Å². The number of rotatable bonds is 8. The normalized spacial score (nSPS) is 16.6. The molecule has 1 unspecified atom stereocenters. The zero-order chi connectivity index (χ0) is 26.6. The van der Waals surface area contributed by atoms with Crippen molar-refractivity contribution in [1.82, 2.24) is 4.90 Å². The number of hydrogen-bond acceptors (Lipinski definition) is 6. The van der Waals surface area contributed by atoms with Gasteiger partial charge < -0.3 is 23.9 Å². The van der Waals surface area contributed by atoms with Crippen LogP contribution in [0, 0.1) is 6.92 Å². The minimum Gasteiger partial charge on any atom is -0.507 e. The van der Waals surface area contributed by atoms with Crippen LogP contribution < -0.4 is 9.47 Å². The molecule has 1 amide bonds. The number of nitrogens with zero attached hydrogens (tertiary/aromatic N) is 1. The number of hydrogen-bond donors (Lipinski definition) is 1. The molecule has 0 radical (unpaired) electrons. The highest BCUT2D eigenvalue weighted by Crippen LogP contribution is 2.42. The third-order valence-corrected chi connectivity index (χ3v) is 6.50. The number of carbonyl (C=O) groups is 2. The van der Waals surface area contributed by atoms with Crippen LogP contribution in [-0.4, -0.2) is 28.8 Å². The first-order chi connectivity index (χ1) is 18.5. The first kappa shape index (κ1) is 24.9. The number of ether oxygens (including phenoxy) is 2. The molecule has 1 saturated heterocycles. The van der Waals surface area contributed by atoms with Crippen molar-refractivity contribution in [2.24, 2.45) is 0 Å². The number of Topliss-reactive ketones (excluding diaryl/α,β-unsaturated/α-hetero) is 1. The van der Waals surface area contributed by atoms with Crippen LogP contribution in [0.4, 0.5) is 0 Å². The summed E-state index contributed by atoms with van der Waals surface area (Å²) >= 11 is 0. The number of aliphatic hydroxyl groups is 1. The Bertz CT molecular complexity index is 1470. The topological polar surface area (TPSA) is 89.2 Å². The lowest BCUT2D eigenvalue weighted by molar-refractivity contribution is -0.140. The third kappa shape index (κ3) is 4.91. The van der Waals surface area contributed by atoms with Crippen molar-refractivity contribution in [3.8, 4) is 11.5 Å². The van der Waals surface area contributed by atoms with Gasteiger partial charge in [0.15, 0.2) is 0 Å². The molecule has 1 atom stereocenters. The van der Waals surface area contributed by atoms with Crippen molar-refractivity contribution >= 4 is 17.4 Å². The van der Waals surface area contributed by atoms with Crippen LogP contribution in [0.2, 0.25) is 0 Å². The third-order valence-electron chi connectivity index (χ3n) is 6.50. The SMILES string of the molecule is COc1ccc(C)cc1/C(O)=C1\C(=O)C(=O)N(Cc2ccco2)C1c1ccc(OCc2ccccc2)cc1. The molecule has 1 aliphatic rings. The highest BCUT2D eigenvalue weighted by atomic mass is 16.5. The van der Waals surface area contributed by atoms with Gasteiger partial charge in [-0.3, -0.25) is 9.59 Å². The predicted molar refractivity (Wildman–Crippen MR) is 142 cm³/mol. The summed E-state index contributed by atoms with van der Waals surface area (Å²) in [5.41, 5.74) is 2.89. The second kappa shape index (κ2) is 10.7. The average molecular weight is 510 g/mol.